The molecule has 0 radical (unpaired) electrons. The average molecular weight is 343 g/mol. The first-order valence-electron chi connectivity index (χ1n) is 9.15. The second-order valence-electron chi connectivity index (χ2n) is 6.97. The Morgan fingerprint density at radius 1 is 1.00 bits per heavy atom. The SMILES string of the molecule is COC(=O)c1cccc(C(=O)N2CCC[C@H]2C(=O)C2CCCCC2)c1. The second-order valence-corrected chi connectivity index (χ2v) is 6.97. The Balaban J connectivity index is 1.76. The zero-order chi connectivity index (χ0) is 17.8. The quantitative estimate of drug-likeness (QED) is 0.788. The summed E-state index contributed by atoms with van der Waals surface area (Å²) in [5.41, 5.74) is 0.786. The van der Waals surface area contributed by atoms with Crippen LogP contribution in [0, 0.1) is 5.92 Å². The van der Waals surface area contributed by atoms with E-state index >= 15 is 0 Å². The van der Waals surface area contributed by atoms with Gasteiger partial charge in [-0.3, -0.25) is 9.59 Å². The largest absolute Gasteiger partial charge is 0.465 e. The minimum absolute atomic E-state index is 0.105. The molecular weight excluding hydrogens is 318 g/mol. The maximum Gasteiger partial charge on any atom is 0.337 e. The smallest absolute Gasteiger partial charge is 0.337 e. The first-order valence-corrected chi connectivity index (χ1v) is 9.15. The number of hydrogen-bond donors (Lipinski definition) is 0. The molecule has 2 aliphatic rings. The van der Waals surface area contributed by atoms with Crippen molar-refractivity contribution >= 4 is 17.7 Å². The molecule has 5 nitrogen and oxygen atoms in total. The number of rotatable bonds is 4. The molecule has 1 atom stereocenters. The number of hydrogen-bond acceptors (Lipinski definition) is 4. The molecule has 1 amide bonds. The Morgan fingerprint density at radius 2 is 1.72 bits per heavy atom. The van der Waals surface area contributed by atoms with Gasteiger partial charge in [0.1, 0.15) is 0 Å². The Morgan fingerprint density at radius 3 is 2.44 bits per heavy atom. The summed E-state index contributed by atoms with van der Waals surface area (Å²) >= 11 is 0. The summed E-state index contributed by atoms with van der Waals surface area (Å²) in [6.45, 7) is 0.602. The third-order valence-corrected chi connectivity index (χ3v) is 5.38. The van der Waals surface area contributed by atoms with Gasteiger partial charge in [0.15, 0.2) is 5.78 Å². The molecule has 2 fully saturated rings. The van der Waals surface area contributed by atoms with E-state index < -0.39 is 5.97 Å². The molecule has 0 N–H and O–H groups in total. The highest BCUT2D eigenvalue weighted by atomic mass is 16.5. The summed E-state index contributed by atoms with van der Waals surface area (Å²) in [6.07, 6.45) is 6.93. The van der Waals surface area contributed by atoms with Crippen molar-refractivity contribution in [3.05, 3.63) is 35.4 Å². The highest BCUT2D eigenvalue weighted by Crippen LogP contribution is 2.30. The van der Waals surface area contributed by atoms with E-state index in [-0.39, 0.29) is 23.7 Å². The third-order valence-electron chi connectivity index (χ3n) is 5.38. The van der Waals surface area contributed by atoms with Crippen molar-refractivity contribution < 1.29 is 19.1 Å². The number of esters is 1. The highest BCUT2D eigenvalue weighted by Gasteiger charge is 2.37. The van der Waals surface area contributed by atoms with Gasteiger partial charge in [0.25, 0.3) is 5.91 Å². The van der Waals surface area contributed by atoms with Crippen molar-refractivity contribution in [2.45, 2.75) is 51.0 Å². The topological polar surface area (TPSA) is 63.7 Å². The molecule has 3 rings (SSSR count). The van der Waals surface area contributed by atoms with Crippen LogP contribution in [-0.4, -0.2) is 42.3 Å². The van der Waals surface area contributed by atoms with Crippen LogP contribution in [0.2, 0.25) is 0 Å². The summed E-state index contributed by atoms with van der Waals surface area (Å²) in [5, 5.41) is 0. The molecule has 0 unspecified atom stereocenters. The first kappa shape index (κ1) is 17.6. The summed E-state index contributed by atoms with van der Waals surface area (Å²) in [5.74, 6) is -0.299. The fourth-order valence-corrected chi connectivity index (χ4v) is 4.03. The fourth-order valence-electron chi connectivity index (χ4n) is 4.03. The number of benzene rings is 1. The van der Waals surface area contributed by atoms with Crippen LogP contribution >= 0.6 is 0 Å². The molecule has 134 valence electrons. The van der Waals surface area contributed by atoms with Crippen molar-refractivity contribution in [2.75, 3.05) is 13.7 Å². The number of ketones is 1. The number of ether oxygens (including phenoxy) is 1. The zero-order valence-corrected chi connectivity index (χ0v) is 14.7. The van der Waals surface area contributed by atoms with Gasteiger partial charge in [-0.2, -0.15) is 0 Å². The van der Waals surface area contributed by atoms with E-state index in [4.69, 9.17) is 4.74 Å². The maximum atomic E-state index is 12.9. The lowest BCUT2D eigenvalue weighted by Gasteiger charge is -2.29. The Bertz CT molecular complexity index is 663. The molecule has 0 aromatic heterocycles. The van der Waals surface area contributed by atoms with Gasteiger partial charge < -0.3 is 9.64 Å². The van der Waals surface area contributed by atoms with Crippen LogP contribution in [0.5, 0.6) is 0 Å². The van der Waals surface area contributed by atoms with E-state index in [2.05, 4.69) is 0 Å². The average Bonchev–Trinajstić information content (AvgIpc) is 3.16. The van der Waals surface area contributed by atoms with Crippen LogP contribution in [-0.2, 0) is 9.53 Å². The summed E-state index contributed by atoms with van der Waals surface area (Å²) in [4.78, 5) is 39.2. The van der Waals surface area contributed by atoms with E-state index in [9.17, 15) is 14.4 Å². The predicted octanol–water partition coefficient (Wildman–Crippen LogP) is 3.23. The van der Waals surface area contributed by atoms with Crippen LogP contribution in [0.15, 0.2) is 24.3 Å². The van der Waals surface area contributed by atoms with Crippen molar-refractivity contribution in [3.63, 3.8) is 0 Å². The van der Waals surface area contributed by atoms with E-state index in [1.807, 2.05) is 0 Å². The van der Waals surface area contributed by atoms with Gasteiger partial charge >= 0.3 is 5.97 Å². The van der Waals surface area contributed by atoms with Gasteiger partial charge in [-0.1, -0.05) is 25.3 Å². The fraction of sp³-hybridized carbons (Fsp3) is 0.550. The van der Waals surface area contributed by atoms with Crippen LogP contribution in [0.1, 0.15) is 65.7 Å². The number of carbonyl (C=O) groups is 3. The van der Waals surface area contributed by atoms with Crippen molar-refractivity contribution in [1.82, 2.24) is 4.90 Å². The molecule has 1 aliphatic carbocycles. The number of nitrogens with zero attached hydrogens (tertiary/aromatic N) is 1. The molecule has 1 aromatic carbocycles. The zero-order valence-electron chi connectivity index (χ0n) is 14.7. The minimum Gasteiger partial charge on any atom is -0.465 e. The summed E-state index contributed by atoms with van der Waals surface area (Å²) in [7, 11) is 1.32. The maximum absolute atomic E-state index is 12.9. The number of carbonyl (C=O) groups excluding carboxylic acids is 3. The number of Topliss-reactive ketones (excluding diaryl/α,β-unsaturated/α-hetero) is 1. The minimum atomic E-state index is -0.467. The summed E-state index contributed by atoms with van der Waals surface area (Å²) < 4.78 is 4.72. The van der Waals surface area contributed by atoms with Gasteiger partial charge in [0.2, 0.25) is 0 Å². The lowest BCUT2D eigenvalue weighted by Crippen LogP contribution is -2.43. The van der Waals surface area contributed by atoms with E-state index in [0.29, 0.717) is 17.7 Å². The first-order chi connectivity index (χ1) is 12.1. The molecule has 0 bridgehead atoms. The van der Waals surface area contributed by atoms with Crippen molar-refractivity contribution in [3.8, 4) is 0 Å². The standard InChI is InChI=1S/C20H25NO4/c1-25-20(24)16-10-5-9-15(13-16)19(23)21-12-6-11-17(21)18(22)14-7-3-2-4-8-14/h5,9-10,13-14,17H,2-4,6-8,11-12H2,1H3/t17-/m0/s1. The van der Waals surface area contributed by atoms with E-state index in [0.717, 1.165) is 38.5 Å². The number of methoxy groups -OCH3 is 1. The van der Waals surface area contributed by atoms with Gasteiger partial charge in [-0.05, 0) is 43.9 Å². The van der Waals surface area contributed by atoms with Crippen molar-refractivity contribution in [1.29, 1.82) is 0 Å². The van der Waals surface area contributed by atoms with Crippen LogP contribution in [0.25, 0.3) is 0 Å². The normalized spacial score (nSPS) is 21.2. The van der Waals surface area contributed by atoms with Crippen LogP contribution < -0.4 is 0 Å². The Kier molecular flexibility index (Phi) is 5.51. The summed E-state index contributed by atoms with van der Waals surface area (Å²) in [6, 6.07) is 6.23. The Hall–Kier alpha value is -2.17. The molecule has 0 spiro atoms. The molecule has 5 heteroatoms. The molecule has 1 aliphatic heterocycles. The van der Waals surface area contributed by atoms with Gasteiger partial charge in [-0.25, -0.2) is 4.79 Å². The molecule has 1 aromatic rings. The molecule has 1 saturated heterocycles. The second kappa shape index (κ2) is 7.81. The van der Waals surface area contributed by atoms with Gasteiger partial charge in [0, 0.05) is 18.0 Å². The lowest BCUT2D eigenvalue weighted by molar-refractivity contribution is -0.127. The number of likely N-dealkylation sites (tertiary alicyclic amines) is 1. The molecule has 1 heterocycles. The van der Waals surface area contributed by atoms with E-state index in [1.54, 1.807) is 29.2 Å². The van der Waals surface area contributed by atoms with Crippen molar-refractivity contribution in [2.24, 2.45) is 5.92 Å². The van der Waals surface area contributed by atoms with E-state index in [1.165, 1.54) is 13.5 Å². The van der Waals surface area contributed by atoms with Crippen LogP contribution in [0.4, 0.5) is 0 Å². The highest BCUT2D eigenvalue weighted by molar-refractivity contribution is 6.00. The number of amides is 1. The molecule has 25 heavy (non-hydrogen) atoms. The monoisotopic (exact) mass is 343 g/mol. The molecular formula is C20H25NO4. The lowest BCUT2D eigenvalue weighted by atomic mass is 9.83. The molecule has 1 saturated carbocycles. The van der Waals surface area contributed by atoms with Gasteiger partial charge in [0.05, 0.1) is 18.7 Å². The van der Waals surface area contributed by atoms with Gasteiger partial charge in [-0.15, -0.1) is 0 Å². The van der Waals surface area contributed by atoms with Crippen LogP contribution in [0.3, 0.4) is 0 Å². The Labute approximate surface area is 148 Å². The predicted molar refractivity (Wildman–Crippen MR) is 93.4 cm³/mol. The third kappa shape index (κ3) is 3.75.